The van der Waals surface area contributed by atoms with E-state index in [0.29, 0.717) is 43.2 Å². The van der Waals surface area contributed by atoms with E-state index in [9.17, 15) is 9.59 Å². The van der Waals surface area contributed by atoms with Crippen molar-refractivity contribution in [1.29, 1.82) is 0 Å². The van der Waals surface area contributed by atoms with Crippen LogP contribution < -0.4 is 21.1 Å². The molecule has 0 saturated carbocycles. The molecule has 1 amide bonds. The minimum absolute atomic E-state index is 0.133. The van der Waals surface area contributed by atoms with E-state index >= 15 is 0 Å². The van der Waals surface area contributed by atoms with Crippen molar-refractivity contribution >= 4 is 28.6 Å². The Labute approximate surface area is 185 Å². The Morgan fingerprint density at radius 3 is 2.81 bits per heavy atom. The van der Waals surface area contributed by atoms with Crippen LogP contribution in [0.25, 0.3) is 10.9 Å². The van der Waals surface area contributed by atoms with Crippen LogP contribution in [0.2, 0.25) is 0 Å². The van der Waals surface area contributed by atoms with Gasteiger partial charge in [0.1, 0.15) is 5.82 Å². The number of rotatable bonds is 8. The number of anilines is 2. The Morgan fingerprint density at radius 1 is 1.16 bits per heavy atom. The van der Waals surface area contributed by atoms with Crippen LogP contribution in [-0.2, 0) is 16.1 Å². The van der Waals surface area contributed by atoms with E-state index in [2.05, 4.69) is 30.5 Å². The Morgan fingerprint density at radius 2 is 1.97 bits per heavy atom. The number of para-hydroxylation sites is 1. The van der Waals surface area contributed by atoms with Crippen LogP contribution in [0.1, 0.15) is 12.1 Å². The first-order valence-electron chi connectivity index (χ1n) is 10.7. The number of amides is 1. The summed E-state index contributed by atoms with van der Waals surface area (Å²) in [5, 5.41) is 6.57. The Hall–Kier alpha value is -3.53. The lowest BCUT2D eigenvalue weighted by Gasteiger charge is -2.28. The molecule has 1 saturated heterocycles. The van der Waals surface area contributed by atoms with Gasteiger partial charge in [0, 0.05) is 50.9 Å². The molecule has 0 unspecified atom stereocenters. The predicted molar refractivity (Wildman–Crippen MR) is 122 cm³/mol. The lowest BCUT2D eigenvalue weighted by Crippen LogP contribution is -2.37. The van der Waals surface area contributed by atoms with E-state index in [-0.39, 0.29) is 24.4 Å². The zero-order valence-corrected chi connectivity index (χ0v) is 18.1. The summed E-state index contributed by atoms with van der Waals surface area (Å²) in [6, 6.07) is 9.14. The van der Waals surface area contributed by atoms with E-state index in [1.54, 1.807) is 18.2 Å². The number of hydrogen-bond donors (Lipinski definition) is 2. The van der Waals surface area contributed by atoms with Gasteiger partial charge in [0.25, 0.3) is 5.56 Å². The lowest BCUT2D eigenvalue weighted by atomic mass is 10.2. The number of ether oxygens (including phenoxy) is 1. The molecule has 32 heavy (non-hydrogen) atoms. The molecular formula is C22H27N7O3. The first-order valence-corrected chi connectivity index (χ1v) is 10.7. The normalized spacial score (nSPS) is 13.8. The van der Waals surface area contributed by atoms with Crippen LogP contribution in [0.5, 0.6) is 0 Å². The molecule has 0 bridgehead atoms. The van der Waals surface area contributed by atoms with E-state index in [1.165, 1.54) is 10.9 Å². The van der Waals surface area contributed by atoms with Crippen LogP contribution >= 0.6 is 0 Å². The average molecular weight is 438 g/mol. The molecule has 10 heteroatoms. The molecule has 1 aliphatic rings. The van der Waals surface area contributed by atoms with E-state index < -0.39 is 0 Å². The molecule has 0 radical (unpaired) electrons. The van der Waals surface area contributed by atoms with Crippen molar-refractivity contribution in [1.82, 2.24) is 24.8 Å². The maximum Gasteiger partial charge on any atom is 0.261 e. The van der Waals surface area contributed by atoms with Crippen molar-refractivity contribution in [3.05, 3.63) is 52.7 Å². The highest BCUT2D eigenvalue weighted by Crippen LogP contribution is 2.16. The molecule has 2 aromatic heterocycles. The van der Waals surface area contributed by atoms with Gasteiger partial charge in [-0.1, -0.05) is 12.1 Å². The van der Waals surface area contributed by atoms with Crippen molar-refractivity contribution in [3.63, 3.8) is 0 Å². The molecule has 0 aliphatic carbocycles. The maximum absolute atomic E-state index is 12.5. The predicted octanol–water partition coefficient (Wildman–Crippen LogP) is 0.950. The van der Waals surface area contributed by atoms with Gasteiger partial charge in [0.05, 0.1) is 30.4 Å². The molecule has 1 fully saturated rings. The third-order valence-electron chi connectivity index (χ3n) is 5.22. The molecule has 3 aromatic rings. The minimum Gasteiger partial charge on any atom is -0.378 e. The van der Waals surface area contributed by atoms with Crippen LogP contribution in [0.15, 0.2) is 41.5 Å². The summed E-state index contributed by atoms with van der Waals surface area (Å²) in [4.78, 5) is 40.1. The first kappa shape index (κ1) is 21.7. The summed E-state index contributed by atoms with van der Waals surface area (Å²) in [7, 11) is 0. The SMILES string of the molecule is Cc1cc(N2CCOCC2)nc(NCCNC(=O)CCn2cnc3ccccc3c2=O)n1. The topological polar surface area (TPSA) is 114 Å². The minimum atomic E-state index is -0.141. The average Bonchev–Trinajstić information content (AvgIpc) is 2.82. The highest BCUT2D eigenvalue weighted by Gasteiger charge is 2.14. The summed E-state index contributed by atoms with van der Waals surface area (Å²) < 4.78 is 6.86. The van der Waals surface area contributed by atoms with Crippen molar-refractivity contribution in [3.8, 4) is 0 Å². The third-order valence-corrected chi connectivity index (χ3v) is 5.22. The standard InChI is InChI=1S/C22H27N7O3/c1-16-14-19(28-10-12-32-13-11-28)27-22(26-16)24-8-7-23-20(30)6-9-29-15-25-18-5-3-2-4-17(18)21(29)31/h2-5,14-15H,6-13H2,1H3,(H,23,30)(H,24,26,27). The highest BCUT2D eigenvalue weighted by atomic mass is 16.5. The van der Waals surface area contributed by atoms with E-state index in [1.807, 2.05) is 19.1 Å². The molecule has 0 atom stereocenters. The summed E-state index contributed by atoms with van der Waals surface area (Å²) in [5.74, 6) is 1.28. The van der Waals surface area contributed by atoms with E-state index in [0.717, 1.165) is 24.6 Å². The van der Waals surface area contributed by atoms with Crippen LogP contribution in [0, 0.1) is 6.92 Å². The number of hydrogen-bond acceptors (Lipinski definition) is 8. The molecule has 4 rings (SSSR count). The zero-order valence-electron chi connectivity index (χ0n) is 18.1. The second kappa shape index (κ2) is 10.2. The van der Waals surface area contributed by atoms with Gasteiger partial charge >= 0.3 is 0 Å². The fraction of sp³-hybridized carbons (Fsp3) is 0.409. The Bertz CT molecular complexity index is 1140. The maximum atomic E-state index is 12.5. The quantitative estimate of drug-likeness (QED) is 0.501. The molecular weight excluding hydrogens is 410 g/mol. The van der Waals surface area contributed by atoms with Crippen molar-refractivity contribution < 1.29 is 9.53 Å². The Balaban J connectivity index is 1.24. The monoisotopic (exact) mass is 437 g/mol. The van der Waals surface area contributed by atoms with Crippen LogP contribution in [-0.4, -0.2) is 64.8 Å². The molecule has 3 heterocycles. The fourth-order valence-electron chi connectivity index (χ4n) is 3.54. The van der Waals surface area contributed by atoms with Crippen molar-refractivity contribution in [2.24, 2.45) is 0 Å². The van der Waals surface area contributed by atoms with Crippen molar-refractivity contribution in [2.45, 2.75) is 19.9 Å². The third kappa shape index (κ3) is 5.38. The summed E-state index contributed by atoms with van der Waals surface area (Å²) in [5.41, 5.74) is 1.39. The number of nitrogens with zero attached hydrogens (tertiary/aromatic N) is 5. The van der Waals surface area contributed by atoms with Crippen LogP contribution in [0.4, 0.5) is 11.8 Å². The number of aryl methyl sites for hydroxylation is 2. The zero-order chi connectivity index (χ0) is 22.3. The molecule has 10 nitrogen and oxygen atoms in total. The van der Waals surface area contributed by atoms with Gasteiger partial charge in [0.2, 0.25) is 11.9 Å². The number of carbonyl (C=O) groups excluding carboxylic acids is 1. The number of nitrogens with one attached hydrogen (secondary N) is 2. The van der Waals surface area contributed by atoms with Gasteiger partial charge in [-0.25, -0.2) is 9.97 Å². The molecule has 1 aliphatic heterocycles. The van der Waals surface area contributed by atoms with Crippen LogP contribution in [0.3, 0.4) is 0 Å². The smallest absolute Gasteiger partial charge is 0.261 e. The summed E-state index contributed by atoms with van der Waals surface area (Å²) in [6.07, 6.45) is 1.68. The molecule has 2 N–H and O–H groups in total. The lowest BCUT2D eigenvalue weighted by molar-refractivity contribution is -0.121. The second-order valence-corrected chi connectivity index (χ2v) is 7.58. The second-order valence-electron chi connectivity index (χ2n) is 7.58. The van der Waals surface area contributed by atoms with Crippen molar-refractivity contribution in [2.75, 3.05) is 49.6 Å². The first-order chi connectivity index (χ1) is 15.6. The number of benzene rings is 1. The Kier molecular flexibility index (Phi) is 6.90. The van der Waals surface area contributed by atoms with Gasteiger partial charge in [-0.3, -0.25) is 14.2 Å². The van der Waals surface area contributed by atoms with Gasteiger partial charge in [0.15, 0.2) is 0 Å². The number of carbonyl (C=O) groups is 1. The van der Waals surface area contributed by atoms with Gasteiger partial charge in [-0.2, -0.15) is 4.98 Å². The number of aromatic nitrogens is 4. The molecule has 1 aromatic carbocycles. The number of fused-ring (bicyclic) bond motifs is 1. The molecule has 0 spiro atoms. The van der Waals surface area contributed by atoms with E-state index in [4.69, 9.17) is 4.74 Å². The van der Waals surface area contributed by atoms with Gasteiger partial charge in [-0.05, 0) is 19.1 Å². The highest BCUT2D eigenvalue weighted by molar-refractivity contribution is 5.77. The largest absolute Gasteiger partial charge is 0.378 e. The number of morpholine rings is 1. The van der Waals surface area contributed by atoms with Gasteiger partial charge < -0.3 is 20.3 Å². The summed E-state index contributed by atoms with van der Waals surface area (Å²) in [6.45, 7) is 6.13. The van der Waals surface area contributed by atoms with Gasteiger partial charge in [-0.15, -0.1) is 0 Å². The fourth-order valence-corrected chi connectivity index (χ4v) is 3.54. The molecule has 168 valence electrons. The summed E-state index contributed by atoms with van der Waals surface area (Å²) >= 11 is 0.